The van der Waals surface area contributed by atoms with Crippen LogP contribution in [0, 0.1) is 5.82 Å². The molecule has 2 heterocycles. The molecule has 148 valence electrons. The number of likely N-dealkylation sites (tertiary alicyclic amines) is 1. The SMILES string of the molecule is CC1CCCC(C)N1C(=O)CN1CCCN(C(=O)c2cccc(F)c2)CC1. The van der Waals surface area contributed by atoms with Gasteiger partial charge in [-0.05, 0) is 57.7 Å². The Morgan fingerprint density at radius 3 is 2.48 bits per heavy atom. The van der Waals surface area contributed by atoms with Crippen molar-refractivity contribution in [2.24, 2.45) is 0 Å². The van der Waals surface area contributed by atoms with Crippen molar-refractivity contribution in [1.82, 2.24) is 14.7 Å². The second-order valence-corrected chi connectivity index (χ2v) is 7.86. The van der Waals surface area contributed by atoms with Crippen LogP contribution in [0.15, 0.2) is 24.3 Å². The lowest BCUT2D eigenvalue weighted by Crippen LogP contribution is -2.51. The molecular weight excluding hydrogens is 345 g/mol. The number of piperidine rings is 1. The van der Waals surface area contributed by atoms with Crippen molar-refractivity contribution in [2.75, 3.05) is 32.7 Å². The first kappa shape index (κ1) is 19.8. The molecule has 1 aromatic rings. The van der Waals surface area contributed by atoms with E-state index in [9.17, 15) is 14.0 Å². The predicted molar refractivity (Wildman–Crippen MR) is 103 cm³/mol. The van der Waals surface area contributed by atoms with E-state index in [0.717, 1.165) is 25.8 Å². The Balaban J connectivity index is 1.56. The van der Waals surface area contributed by atoms with E-state index in [2.05, 4.69) is 18.7 Å². The van der Waals surface area contributed by atoms with Crippen LogP contribution in [0.5, 0.6) is 0 Å². The molecule has 2 unspecified atom stereocenters. The smallest absolute Gasteiger partial charge is 0.254 e. The van der Waals surface area contributed by atoms with Crippen molar-refractivity contribution in [1.29, 1.82) is 0 Å². The van der Waals surface area contributed by atoms with Crippen molar-refractivity contribution in [2.45, 2.75) is 51.6 Å². The van der Waals surface area contributed by atoms with Crippen LogP contribution in [0.2, 0.25) is 0 Å². The molecule has 0 aliphatic carbocycles. The normalized spacial score (nSPS) is 24.6. The maximum Gasteiger partial charge on any atom is 0.254 e. The highest BCUT2D eigenvalue weighted by atomic mass is 19.1. The third kappa shape index (κ3) is 4.86. The van der Waals surface area contributed by atoms with Crippen molar-refractivity contribution in [3.8, 4) is 0 Å². The van der Waals surface area contributed by atoms with Gasteiger partial charge >= 0.3 is 0 Å². The summed E-state index contributed by atoms with van der Waals surface area (Å²) in [6, 6.07) is 6.45. The molecule has 0 saturated carbocycles. The summed E-state index contributed by atoms with van der Waals surface area (Å²) in [4.78, 5) is 31.4. The number of nitrogens with zero attached hydrogens (tertiary/aromatic N) is 3. The van der Waals surface area contributed by atoms with E-state index in [-0.39, 0.29) is 11.8 Å². The van der Waals surface area contributed by atoms with Crippen LogP contribution >= 0.6 is 0 Å². The molecule has 5 nitrogen and oxygen atoms in total. The summed E-state index contributed by atoms with van der Waals surface area (Å²) in [6.07, 6.45) is 4.16. The van der Waals surface area contributed by atoms with Gasteiger partial charge in [-0.15, -0.1) is 0 Å². The summed E-state index contributed by atoms with van der Waals surface area (Å²) in [6.45, 7) is 7.35. The van der Waals surface area contributed by atoms with Crippen molar-refractivity contribution in [3.63, 3.8) is 0 Å². The number of benzene rings is 1. The molecule has 0 spiro atoms. The lowest BCUT2D eigenvalue weighted by atomic mass is 9.97. The minimum atomic E-state index is -0.396. The van der Waals surface area contributed by atoms with E-state index in [1.165, 1.54) is 18.6 Å². The van der Waals surface area contributed by atoms with Gasteiger partial charge in [-0.2, -0.15) is 0 Å². The van der Waals surface area contributed by atoms with Gasteiger partial charge in [-0.3, -0.25) is 14.5 Å². The topological polar surface area (TPSA) is 43.9 Å². The zero-order valence-corrected chi connectivity index (χ0v) is 16.4. The third-order valence-corrected chi connectivity index (χ3v) is 5.79. The number of rotatable bonds is 3. The number of amides is 2. The lowest BCUT2D eigenvalue weighted by molar-refractivity contribution is -0.138. The minimum Gasteiger partial charge on any atom is -0.337 e. The first-order valence-electron chi connectivity index (χ1n) is 10.0. The Morgan fingerprint density at radius 1 is 1.04 bits per heavy atom. The predicted octanol–water partition coefficient (Wildman–Crippen LogP) is 2.76. The average molecular weight is 375 g/mol. The van der Waals surface area contributed by atoms with Gasteiger partial charge in [0.25, 0.3) is 5.91 Å². The number of carbonyl (C=O) groups is 2. The maximum atomic E-state index is 13.4. The molecule has 0 bridgehead atoms. The van der Waals surface area contributed by atoms with Gasteiger partial charge < -0.3 is 9.80 Å². The number of hydrogen-bond donors (Lipinski definition) is 0. The van der Waals surface area contributed by atoms with E-state index in [1.54, 1.807) is 17.0 Å². The van der Waals surface area contributed by atoms with Crippen molar-refractivity contribution in [3.05, 3.63) is 35.6 Å². The zero-order valence-electron chi connectivity index (χ0n) is 16.4. The second-order valence-electron chi connectivity index (χ2n) is 7.86. The van der Waals surface area contributed by atoms with Gasteiger partial charge in [0, 0.05) is 43.8 Å². The standard InChI is InChI=1S/C21H30FN3O2/c1-16-6-3-7-17(2)25(16)20(26)15-23-10-5-11-24(13-12-23)21(27)18-8-4-9-19(22)14-18/h4,8-9,14,16-17H,3,5-7,10-13,15H2,1-2H3. The highest BCUT2D eigenvalue weighted by Crippen LogP contribution is 2.23. The quantitative estimate of drug-likeness (QED) is 0.816. The van der Waals surface area contributed by atoms with Crippen LogP contribution in [-0.2, 0) is 4.79 Å². The monoisotopic (exact) mass is 375 g/mol. The Hall–Kier alpha value is -1.95. The molecule has 0 aromatic heterocycles. The molecule has 1 aromatic carbocycles. The minimum absolute atomic E-state index is 0.138. The Labute approximate surface area is 161 Å². The number of carbonyl (C=O) groups excluding carboxylic acids is 2. The van der Waals surface area contributed by atoms with Gasteiger partial charge in [-0.25, -0.2) is 4.39 Å². The molecule has 2 amide bonds. The van der Waals surface area contributed by atoms with Crippen LogP contribution in [0.1, 0.15) is 49.9 Å². The Bertz CT molecular complexity index is 671. The van der Waals surface area contributed by atoms with Crippen molar-refractivity contribution >= 4 is 11.8 Å². The summed E-state index contributed by atoms with van der Waals surface area (Å²) in [5, 5.41) is 0. The van der Waals surface area contributed by atoms with Crippen LogP contribution in [0.3, 0.4) is 0 Å². The van der Waals surface area contributed by atoms with Gasteiger partial charge in [0.15, 0.2) is 0 Å². The number of halogens is 1. The van der Waals surface area contributed by atoms with Crippen LogP contribution < -0.4 is 0 Å². The highest BCUT2D eigenvalue weighted by Gasteiger charge is 2.30. The summed E-state index contributed by atoms with van der Waals surface area (Å²) in [5.41, 5.74) is 0.385. The average Bonchev–Trinajstić information content (AvgIpc) is 2.86. The van der Waals surface area contributed by atoms with Crippen LogP contribution in [0.25, 0.3) is 0 Å². The van der Waals surface area contributed by atoms with Gasteiger partial charge in [0.1, 0.15) is 5.82 Å². The number of hydrogen-bond acceptors (Lipinski definition) is 3. The summed E-state index contributed by atoms with van der Waals surface area (Å²) in [5.74, 6) is -0.340. The van der Waals surface area contributed by atoms with Gasteiger partial charge in [0.2, 0.25) is 5.91 Å². The fourth-order valence-corrected chi connectivity index (χ4v) is 4.32. The Kier molecular flexibility index (Phi) is 6.47. The van der Waals surface area contributed by atoms with E-state index < -0.39 is 5.82 Å². The van der Waals surface area contributed by atoms with E-state index in [1.807, 2.05) is 4.90 Å². The second kappa shape index (κ2) is 8.83. The van der Waals surface area contributed by atoms with Gasteiger partial charge in [0.05, 0.1) is 6.54 Å². The molecular formula is C21H30FN3O2. The molecule has 2 fully saturated rings. The molecule has 2 saturated heterocycles. The van der Waals surface area contributed by atoms with Crippen LogP contribution in [0.4, 0.5) is 4.39 Å². The van der Waals surface area contributed by atoms with E-state index in [0.29, 0.717) is 43.8 Å². The lowest BCUT2D eigenvalue weighted by Gasteiger charge is -2.40. The molecule has 2 aliphatic rings. The van der Waals surface area contributed by atoms with Crippen LogP contribution in [-0.4, -0.2) is 71.3 Å². The maximum absolute atomic E-state index is 13.4. The molecule has 6 heteroatoms. The molecule has 2 atom stereocenters. The third-order valence-electron chi connectivity index (χ3n) is 5.79. The van der Waals surface area contributed by atoms with Crippen molar-refractivity contribution < 1.29 is 14.0 Å². The van der Waals surface area contributed by atoms with E-state index >= 15 is 0 Å². The highest BCUT2D eigenvalue weighted by molar-refractivity contribution is 5.94. The first-order valence-corrected chi connectivity index (χ1v) is 10.0. The Morgan fingerprint density at radius 2 is 1.78 bits per heavy atom. The zero-order chi connectivity index (χ0) is 19.4. The molecule has 0 N–H and O–H groups in total. The molecule has 2 aliphatic heterocycles. The summed E-state index contributed by atoms with van der Waals surface area (Å²) < 4.78 is 13.4. The largest absolute Gasteiger partial charge is 0.337 e. The van der Waals surface area contributed by atoms with Gasteiger partial charge in [-0.1, -0.05) is 6.07 Å². The summed E-state index contributed by atoms with van der Waals surface area (Å²) >= 11 is 0. The summed E-state index contributed by atoms with van der Waals surface area (Å²) in [7, 11) is 0. The van der Waals surface area contributed by atoms with E-state index in [4.69, 9.17) is 0 Å². The molecule has 27 heavy (non-hydrogen) atoms. The molecule has 3 rings (SSSR count). The molecule has 0 radical (unpaired) electrons. The fraction of sp³-hybridized carbons (Fsp3) is 0.619. The fourth-order valence-electron chi connectivity index (χ4n) is 4.32. The first-order chi connectivity index (χ1) is 13.0.